The summed E-state index contributed by atoms with van der Waals surface area (Å²) in [6.45, 7) is 0.561. The molecule has 0 saturated heterocycles. The minimum Gasteiger partial charge on any atom is -0.495 e. The number of nitrogens with zero attached hydrogens (tertiary/aromatic N) is 2. The number of methoxy groups -OCH3 is 2. The first-order valence-corrected chi connectivity index (χ1v) is 7.21. The van der Waals surface area contributed by atoms with E-state index in [9.17, 15) is 4.79 Å². The third-order valence-electron chi connectivity index (χ3n) is 3.64. The summed E-state index contributed by atoms with van der Waals surface area (Å²) in [6, 6.07) is 5.01. The van der Waals surface area contributed by atoms with Crippen molar-refractivity contribution >= 4 is 23.2 Å². The lowest BCUT2D eigenvalue weighted by atomic mass is 10.0. The van der Waals surface area contributed by atoms with Gasteiger partial charge in [0.1, 0.15) is 5.75 Å². The van der Waals surface area contributed by atoms with Gasteiger partial charge in [-0.2, -0.15) is 0 Å². The Labute approximate surface area is 132 Å². The summed E-state index contributed by atoms with van der Waals surface area (Å²) in [4.78, 5) is 14.3. The van der Waals surface area contributed by atoms with Gasteiger partial charge >= 0.3 is 0 Å². The van der Waals surface area contributed by atoms with Crippen molar-refractivity contribution in [3.8, 4) is 11.6 Å². The van der Waals surface area contributed by atoms with Gasteiger partial charge in [-0.05, 0) is 35.7 Å². The van der Waals surface area contributed by atoms with Gasteiger partial charge in [0.15, 0.2) is 0 Å². The van der Waals surface area contributed by atoms with Gasteiger partial charge in [0.25, 0.3) is 11.8 Å². The molecule has 0 atom stereocenters. The predicted octanol–water partition coefficient (Wildman–Crippen LogP) is 2.94. The molecular formula is C15H15ClN2O4. The minimum atomic E-state index is -0.294. The number of aromatic nitrogens is 1. The van der Waals surface area contributed by atoms with Crippen LogP contribution in [0.5, 0.6) is 11.6 Å². The number of halogens is 1. The third kappa shape index (κ3) is 2.39. The first-order valence-electron chi connectivity index (χ1n) is 6.83. The van der Waals surface area contributed by atoms with E-state index in [-0.39, 0.29) is 17.5 Å². The van der Waals surface area contributed by atoms with Crippen molar-refractivity contribution < 1.29 is 18.8 Å². The Bertz CT molecular complexity index is 714. The second-order valence-electron chi connectivity index (χ2n) is 4.87. The smallest absolute Gasteiger partial charge is 0.297 e. The van der Waals surface area contributed by atoms with E-state index in [0.29, 0.717) is 23.0 Å². The van der Waals surface area contributed by atoms with Crippen LogP contribution >= 0.6 is 11.6 Å². The molecule has 0 aliphatic carbocycles. The number of fused-ring (bicyclic) bond motifs is 1. The van der Waals surface area contributed by atoms with Crippen molar-refractivity contribution in [2.75, 3.05) is 25.7 Å². The van der Waals surface area contributed by atoms with Crippen LogP contribution in [0, 0.1) is 0 Å². The topological polar surface area (TPSA) is 64.8 Å². The first kappa shape index (κ1) is 14.7. The number of hydrogen-bond donors (Lipinski definition) is 0. The maximum atomic E-state index is 12.7. The average Bonchev–Trinajstić information content (AvgIpc) is 3.03. The lowest BCUT2D eigenvalue weighted by Crippen LogP contribution is -2.35. The number of amides is 1. The number of rotatable bonds is 3. The number of anilines is 1. The molecule has 1 amide bonds. The van der Waals surface area contributed by atoms with Crippen LogP contribution in [-0.4, -0.2) is 31.8 Å². The van der Waals surface area contributed by atoms with Gasteiger partial charge in [0.2, 0.25) is 5.76 Å². The largest absolute Gasteiger partial charge is 0.495 e. The van der Waals surface area contributed by atoms with E-state index >= 15 is 0 Å². The molecule has 0 unspecified atom stereocenters. The molecule has 3 rings (SSSR count). The van der Waals surface area contributed by atoms with E-state index < -0.39 is 0 Å². The van der Waals surface area contributed by atoms with Gasteiger partial charge in [0, 0.05) is 11.6 Å². The van der Waals surface area contributed by atoms with Crippen LogP contribution in [0.3, 0.4) is 0 Å². The van der Waals surface area contributed by atoms with Crippen LogP contribution in [0.2, 0.25) is 5.02 Å². The lowest BCUT2D eigenvalue weighted by Gasteiger charge is -2.30. The maximum absolute atomic E-state index is 12.7. The zero-order valence-electron chi connectivity index (χ0n) is 12.3. The molecule has 0 radical (unpaired) electrons. The van der Waals surface area contributed by atoms with E-state index in [1.165, 1.54) is 13.2 Å². The molecule has 2 aromatic rings. The second kappa shape index (κ2) is 5.88. The van der Waals surface area contributed by atoms with Gasteiger partial charge in [-0.15, -0.1) is 0 Å². The van der Waals surface area contributed by atoms with E-state index in [1.54, 1.807) is 24.1 Å². The first-order chi connectivity index (χ1) is 10.7. The molecule has 0 fully saturated rings. The molecule has 1 aliphatic heterocycles. The van der Waals surface area contributed by atoms with E-state index in [4.69, 9.17) is 25.6 Å². The highest BCUT2D eigenvalue weighted by atomic mass is 35.5. The zero-order valence-corrected chi connectivity index (χ0v) is 13.0. The van der Waals surface area contributed by atoms with Crippen molar-refractivity contribution in [2.24, 2.45) is 0 Å². The molecular weight excluding hydrogens is 308 g/mol. The van der Waals surface area contributed by atoms with E-state index in [0.717, 1.165) is 18.4 Å². The van der Waals surface area contributed by atoms with Crippen LogP contribution in [0.4, 0.5) is 5.69 Å². The summed E-state index contributed by atoms with van der Waals surface area (Å²) >= 11 is 6.26. The number of ether oxygens (including phenoxy) is 2. The number of benzene rings is 1. The fourth-order valence-corrected chi connectivity index (χ4v) is 2.85. The van der Waals surface area contributed by atoms with Crippen LogP contribution in [0.15, 0.2) is 22.7 Å². The van der Waals surface area contributed by atoms with Gasteiger partial charge in [-0.1, -0.05) is 11.6 Å². The Kier molecular flexibility index (Phi) is 3.94. The quantitative estimate of drug-likeness (QED) is 0.869. The van der Waals surface area contributed by atoms with E-state index in [2.05, 4.69) is 5.16 Å². The molecule has 7 heteroatoms. The van der Waals surface area contributed by atoms with Crippen molar-refractivity contribution in [2.45, 2.75) is 12.8 Å². The van der Waals surface area contributed by atoms with Gasteiger partial charge < -0.3 is 18.9 Å². The molecule has 6 nitrogen and oxygen atoms in total. The Hall–Kier alpha value is -2.21. The van der Waals surface area contributed by atoms with Crippen LogP contribution in [-0.2, 0) is 6.42 Å². The Morgan fingerprint density at radius 1 is 1.36 bits per heavy atom. The second-order valence-corrected chi connectivity index (χ2v) is 5.28. The lowest BCUT2D eigenvalue weighted by molar-refractivity contribution is 0.0948. The van der Waals surface area contributed by atoms with Crippen LogP contribution < -0.4 is 14.4 Å². The standard InChI is InChI=1S/C15H15ClN2O4/c1-20-11-6-5-10(16)9-4-3-7-18(14(9)11)15(19)12-8-13(21-2)17-22-12/h5-6,8H,3-4,7H2,1-2H3. The van der Waals surface area contributed by atoms with Crippen LogP contribution in [0.25, 0.3) is 0 Å². The summed E-state index contributed by atoms with van der Waals surface area (Å²) in [6.07, 6.45) is 1.62. The van der Waals surface area contributed by atoms with Crippen molar-refractivity contribution in [1.29, 1.82) is 0 Å². The molecule has 2 heterocycles. The molecule has 0 bridgehead atoms. The summed E-state index contributed by atoms with van der Waals surface area (Å²) in [5.74, 6) is 0.696. The molecule has 1 aliphatic rings. The zero-order chi connectivity index (χ0) is 15.7. The molecule has 22 heavy (non-hydrogen) atoms. The van der Waals surface area contributed by atoms with Crippen LogP contribution in [0.1, 0.15) is 22.5 Å². The Balaban J connectivity index is 2.04. The minimum absolute atomic E-state index is 0.117. The average molecular weight is 323 g/mol. The summed E-state index contributed by atoms with van der Waals surface area (Å²) in [5, 5.41) is 4.29. The predicted molar refractivity (Wildman–Crippen MR) is 81.1 cm³/mol. The van der Waals surface area contributed by atoms with E-state index in [1.807, 2.05) is 0 Å². The highest BCUT2D eigenvalue weighted by Crippen LogP contribution is 2.40. The monoisotopic (exact) mass is 322 g/mol. The SMILES string of the molecule is COc1cc(C(=O)N2CCCc3c(Cl)ccc(OC)c32)on1. The number of hydrogen-bond acceptors (Lipinski definition) is 5. The fraction of sp³-hybridized carbons (Fsp3) is 0.333. The molecule has 116 valence electrons. The van der Waals surface area contributed by atoms with Gasteiger partial charge in [-0.3, -0.25) is 4.79 Å². The molecule has 0 N–H and O–H groups in total. The van der Waals surface area contributed by atoms with Gasteiger partial charge in [-0.25, -0.2) is 0 Å². The Morgan fingerprint density at radius 3 is 2.86 bits per heavy atom. The van der Waals surface area contributed by atoms with Crippen molar-refractivity contribution in [3.63, 3.8) is 0 Å². The maximum Gasteiger partial charge on any atom is 0.297 e. The summed E-state index contributed by atoms with van der Waals surface area (Å²) in [7, 11) is 3.03. The molecule has 0 saturated carbocycles. The fourth-order valence-electron chi connectivity index (χ4n) is 2.61. The highest BCUT2D eigenvalue weighted by molar-refractivity contribution is 6.32. The molecule has 0 spiro atoms. The number of carbonyl (C=O) groups excluding carboxylic acids is 1. The number of carbonyl (C=O) groups is 1. The molecule has 1 aromatic heterocycles. The third-order valence-corrected chi connectivity index (χ3v) is 3.99. The van der Waals surface area contributed by atoms with Crippen molar-refractivity contribution in [3.05, 3.63) is 34.5 Å². The molecule has 1 aromatic carbocycles. The highest BCUT2D eigenvalue weighted by Gasteiger charge is 2.30. The normalized spacial score (nSPS) is 13.7. The van der Waals surface area contributed by atoms with Crippen molar-refractivity contribution in [1.82, 2.24) is 5.16 Å². The summed E-state index contributed by atoms with van der Waals surface area (Å²) in [5.41, 5.74) is 1.61. The summed E-state index contributed by atoms with van der Waals surface area (Å²) < 4.78 is 15.4. The van der Waals surface area contributed by atoms with Gasteiger partial charge in [0.05, 0.1) is 26.0 Å². The Morgan fingerprint density at radius 2 is 2.18 bits per heavy atom.